The molecule has 0 aliphatic carbocycles. The van der Waals surface area contributed by atoms with Crippen molar-refractivity contribution in [1.29, 1.82) is 0 Å². The van der Waals surface area contributed by atoms with Crippen LogP contribution in [0, 0.1) is 13.8 Å². The zero-order valence-corrected chi connectivity index (χ0v) is 11.9. The van der Waals surface area contributed by atoms with Gasteiger partial charge in [-0.25, -0.2) is 0 Å². The van der Waals surface area contributed by atoms with E-state index in [0.717, 1.165) is 22.8 Å². The molecule has 0 aliphatic rings. The summed E-state index contributed by atoms with van der Waals surface area (Å²) in [5, 5.41) is 11.5. The van der Waals surface area contributed by atoms with Gasteiger partial charge >= 0.3 is 0 Å². The number of nitrogens with one attached hydrogen (secondary N) is 1. The van der Waals surface area contributed by atoms with Gasteiger partial charge in [0.2, 0.25) is 0 Å². The molecular weight excluding hydrogens is 254 g/mol. The third-order valence-electron chi connectivity index (χ3n) is 2.37. The first-order valence-corrected chi connectivity index (χ1v) is 7.66. The van der Waals surface area contributed by atoms with E-state index in [1.54, 1.807) is 23.1 Å². The Hall–Kier alpha value is -0.520. The lowest BCUT2D eigenvalue weighted by molar-refractivity contribution is 0.0960. The summed E-state index contributed by atoms with van der Waals surface area (Å²) in [6, 6.07) is 1.94. The summed E-state index contributed by atoms with van der Waals surface area (Å²) in [7, 11) is 0. The molecule has 5 heteroatoms. The quantitative estimate of drug-likeness (QED) is 0.749. The van der Waals surface area contributed by atoms with Crippen molar-refractivity contribution in [1.82, 2.24) is 5.32 Å². The van der Waals surface area contributed by atoms with Crippen molar-refractivity contribution in [2.45, 2.75) is 20.3 Å². The van der Waals surface area contributed by atoms with E-state index >= 15 is 0 Å². The Labute approximate surface area is 111 Å². The average molecular weight is 273 g/mol. The molecule has 0 saturated heterocycles. The van der Waals surface area contributed by atoms with Crippen LogP contribution in [0.1, 0.15) is 26.5 Å². The molecule has 1 heterocycles. The number of aliphatic hydroxyl groups excluding tert-OH is 1. The minimum Gasteiger partial charge on any atom is -0.396 e. The molecule has 0 unspecified atom stereocenters. The second-order valence-electron chi connectivity index (χ2n) is 3.80. The van der Waals surface area contributed by atoms with Crippen molar-refractivity contribution in [3.05, 3.63) is 21.4 Å². The van der Waals surface area contributed by atoms with E-state index < -0.39 is 0 Å². The van der Waals surface area contributed by atoms with Crippen molar-refractivity contribution in [3.8, 4) is 0 Å². The van der Waals surface area contributed by atoms with Crippen LogP contribution in [0.25, 0.3) is 0 Å². The highest BCUT2D eigenvalue weighted by Gasteiger charge is 2.09. The number of aryl methyl sites for hydroxylation is 2. The first-order valence-electron chi connectivity index (χ1n) is 5.69. The van der Waals surface area contributed by atoms with Crippen molar-refractivity contribution >= 4 is 29.0 Å². The van der Waals surface area contributed by atoms with Crippen LogP contribution in [0.2, 0.25) is 0 Å². The summed E-state index contributed by atoms with van der Waals surface area (Å²) in [5.74, 6) is 1.87. The van der Waals surface area contributed by atoms with Crippen LogP contribution in [0.15, 0.2) is 6.07 Å². The number of hydrogen-bond donors (Lipinski definition) is 2. The number of amides is 1. The highest BCUT2D eigenvalue weighted by Crippen LogP contribution is 2.20. The van der Waals surface area contributed by atoms with E-state index in [2.05, 4.69) is 5.32 Å². The molecule has 1 aromatic rings. The summed E-state index contributed by atoms with van der Waals surface area (Å²) >= 11 is 3.29. The third kappa shape index (κ3) is 5.10. The van der Waals surface area contributed by atoms with E-state index in [-0.39, 0.29) is 12.5 Å². The smallest absolute Gasteiger partial charge is 0.261 e. The normalized spacial score (nSPS) is 10.5. The van der Waals surface area contributed by atoms with Crippen LogP contribution in [0.3, 0.4) is 0 Å². The Morgan fingerprint density at radius 3 is 2.82 bits per heavy atom. The molecule has 0 aliphatic heterocycles. The van der Waals surface area contributed by atoms with E-state index in [4.69, 9.17) is 5.11 Å². The molecular formula is C12H19NO2S2. The number of carbonyl (C=O) groups is 1. The van der Waals surface area contributed by atoms with Crippen molar-refractivity contribution in [3.63, 3.8) is 0 Å². The summed E-state index contributed by atoms with van der Waals surface area (Å²) in [6.07, 6.45) is 0.821. The lowest BCUT2D eigenvalue weighted by atomic mass is 10.3. The standard InChI is InChI=1S/C12H19NO2S2/c1-9-8-11(17-10(9)2)12(15)13-4-7-16-6-3-5-14/h8,14H,3-7H2,1-2H3,(H,13,15). The Balaban J connectivity index is 2.21. The summed E-state index contributed by atoms with van der Waals surface area (Å²) < 4.78 is 0. The molecule has 0 spiro atoms. The second kappa shape index (κ2) is 7.74. The molecule has 0 bridgehead atoms. The Kier molecular flexibility index (Phi) is 6.62. The molecule has 17 heavy (non-hydrogen) atoms. The van der Waals surface area contributed by atoms with Crippen molar-refractivity contribution in [2.24, 2.45) is 0 Å². The summed E-state index contributed by atoms with van der Waals surface area (Å²) in [4.78, 5) is 13.7. The minimum absolute atomic E-state index is 0.0222. The molecule has 1 amide bonds. The van der Waals surface area contributed by atoms with Gasteiger partial charge in [-0.15, -0.1) is 11.3 Å². The average Bonchev–Trinajstić information content (AvgIpc) is 2.64. The Morgan fingerprint density at radius 1 is 1.47 bits per heavy atom. The van der Waals surface area contributed by atoms with Crippen LogP contribution in [0.4, 0.5) is 0 Å². The lowest BCUT2D eigenvalue weighted by Crippen LogP contribution is -2.25. The van der Waals surface area contributed by atoms with Crippen LogP contribution >= 0.6 is 23.1 Å². The molecule has 0 radical (unpaired) electrons. The number of hydrogen-bond acceptors (Lipinski definition) is 4. The van der Waals surface area contributed by atoms with E-state index in [1.165, 1.54) is 10.4 Å². The van der Waals surface area contributed by atoms with Gasteiger partial charge in [-0.05, 0) is 37.7 Å². The highest BCUT2D eigenvalue weighted by atomic mass is 32.2. The molecule has 1 aromatic heterocycles. The van der Waals surface area contributed by atoms with E-state index in [1.807, 2.05) is 19.9 Å². The van der Waals surface area contributed by atoms with Crippen LogP contribution in [0.5, 0.6) is 0 Å². The topological polar surface area (TPSA) is 49.3 Å². The number of thioether (sulfide) groups is 1. The summed E-state index contributed by atoms with van der Waals surface area (Å²) in [6.45, 7) is 4.98. The molecule has 0 aromatic carbocycles. The van der Waals surface area contributed by atoms with Gasteiger partial charge in [0, 0.05) is 23.8 Å². The fraction of sp³-hybridized carbons (Fsp3) is 0.583. The SMILES string of the molecule is Cc1cc(C(=O)NCCSCCCO)sc1C. The van der Waals surface area contributed by atoms with Crippen molar-refractivity contribution in [2.75, 3.05) is 24.7 Å². The Bertz CT molecular complexity index is 344. The molecule has 0 fully saturated rings. The fourth-order valence-corrected chi connectivity index (χ4v) is 3.01. The molecule has 3 nitrogen and oxygen atoms in total. The summed E-state index contributed by atoms with van der Waals surface area (Å²) in [5.41, 5.74) is 1.18. The minimum atomic E-state index is 0.0222. The number of rotatable bonds is 7. The Morgan fingerprint density at radius 2 is 2.24 bits per heavy atom. The van der Waals surface area contributed by atoms with Crippen LogP contribution in [-0.4, -0.2) is 35.7 Å². The monoisotopic (exact) mass is 273 g/mol. The molecule has 96 valence electrons. The third-order valence-corrected chi connectivity index (χ3v) is 4.59. The maximum Gasteiger partial charge on any atom is 0.261 e. The highest BCUT2D eigenvalue weighted by molar-refractivity contribution is 7.99. The lowest BCUT2D eigenvalue weighted by Gasteiger charge is -2.03. The van der Waals surface area contributed by atoms with Gasteiger partial charge in [0.15, 0.2) is 0 Å². The maximum absolute atomic E-state index is 11.7. The molecule has 1 rings (SSSR count). The van der Waals surface area contributed by atoms with Crippen molar-refractivity contribution < 1.29 is 9.90 Å². The first kappa shape index (κ1) is 14.5. The molecule has 0 saturated carbocycles. The van der Waals surface area contributed by atoms with Gasteiger partial charge in [0.1, 0.15) is 0 Å². The largest absolute Gasteiger partial charge is 0.396 e. The second-order valence-corrected chi connectivity index (χ2v) is 6.28. The van der Waals surface area contributed by atoms with Gasteiger partial charge in [-0.3, -0.25) is 4.79 Å². The van der Waals surface area contributed by atoms with E-state index in [0.29, 0.717) is 6.54 Å². The predicted molar refractivity (Wildman–Crippen MR) is 75.2 cm³/mol. The van der Waals surface area contributed by atoms with Crippen LogP contribution < -0.4 is 5.32 Å². The molecule has 0 atom stereocenters. The number of aliphatic hydroxyl groups is 1. The van der Waals surface area contributed by atoms with Gasteiger partial charge in [-0.2, -0.15) is 11.8 Å². The predicted octanol–water partition coefficient (Wildman–Crippen LogP) is 2.21. The fourth-order valence-electron chi connectivity index (χ4n) is 1.28. The van der Waals surface area contributed by atoms with Crippen LogP contribution in [-0.2, 0) is 0 Å². The van der Waals surface area contributed by atoms with Gasteiger partial charge in [0.05, 0.1) is 4.88 Å². The van der Waals surface area contributed by atoms with Gasteiger partial charge < -0.3 is 10.4 Å². The maximum atomic E-state index is 11.7. The van der Waals surface area contributed by atoms with Gasteiger partial charge in [0.25, 0.3) is 5.91 Å². The number of carbonyl (C=O) groups excluding carboxylic acids is 1. The number of thiophene rings is 1. The van der Waals surface area contributed by atoms with E-state index in [9.17, 15) is 4.79 Å². The zero-order valence-electron chi connectivity index (χ0n) is 10.3. The first-order chi connectivity index (χ1) is 8.15. The van der Waals surface area contributed by atoms with Gasteiger partial charge in [-0.1, -0.05) is 0 Å². The molecule has 2 N–H and O–H groups in total. The zero-order chi connectivity index (χ0) is 12.7.